The Morgan fingerprint density at radius 3 is 2.25 bits per heavy atom. The standard InChI is InChI=1S/C10H16N2/c1-8(12)10(7-11)9-5-3-2-4-6-9/h2-6,8,10H,7,11-12H2,1H3/t8-,10-/m1/s1. The van der Waals surface area contributed by atoms with Crippen molar-refractivity contribution >= 4 is 0 Å². The van der Waals surface area contributed by atoms with Crippen LogP contribution < -0.4 is 11.5 Å². The predicted molar refractivity (Wildman–Crippen MR) is 51.9 cm³/mol. The minimum atomic E-state index is 0.123. The summed E-state index contributed by atoms with van der Waals surface area (Å²) in [6.45, 7) is 2.60. The molecule has 0 aliphatic carbocycles. The number of benzene rings is 1. The molecule has 0 heterocycles. The van der Waals surface area contributed by atoms with Gasteiger partial charge < -0.3 is 11.5 Å². The van der Waals surface area contributed by atoms with Crippen LogP contribution in [0.25, 0.3) is 0 Å². The van der Waals surface area contributed by atoms with Gasteiger partial charge in [0.25, 0.3) is 0 Å². The van der Waals surface area contributed by atoms with E-state index in [1.807, 2.05) is 25.1 Å². The molecule has 2 atom stereocenters. The molecule has 0 aliphatic heterocycles. The van der Waals surface area contributed by atoms with Crippen LogP contribution >= 0.6 is 0 Å². The van der Waals surface area contributed by atoms with Crippen molar-refractivity contribution in [1.82, 2.24) is 0 Å². The molecule has 4 N–H and O–H groups in total. The Morgan fingerprint density at radius 2 is 1.83 bits per heavy atom. The van der Waals surface area contributed by atoms with Gasteiger partial charge in [-0.3, -0.25) is 0 Å². The van der Waals surface area contributed by atoms with E-state index in [1.165, 1.54) is 5.56 Å². The first-order valence-electron chi connectivity index (χ1n) is 4.26. The number of hydrogen-bond acceptors (Lipinski definition) is 2. The zero-order chi connectivity index (χ0) is 8.97. The Labute approximate surface area is 73.6 Å². The van der Waals surface area contributed by atoms with Gasteiger partial charge in [0.2, 0.25) is 0 Å². The maximum atomic E-state index is 5.80. The summed E-state index contributed by atoms with van der Waals surface area (Å²) < 4.78 is 0. The first-order valence-corrected chi connectivity index (χ1v) is 4.26. The normalized spacial score (nSPS) is 15.6. The van der Waals surface area contributed by atoms with Gasteiger partial charge in [0.1, 0.15) is 0 Å². The summed E-state index contributed by atoms with van der Waals surface area (Å²) in [5.41, 5.74) is 12.7. The third-order valence-electron chi connectivity index (χ3n) is 2.12. The topological polar surface area (TPSA) is 52.0 Å². The van der Waals surface area contributed by atoms with Crippen LogP contribution in [-0.2, 0) is 0 Å². The quantitative estimate of drug-likeness (QED) is 0.702. The number of hydrogen-bond donors (Lipinski definition) is 2. The molecule has 2 heteroatoms. The molecular formula is C10H16N2. The highest BCUT2D eigenvalue weighted by molar-refractivity contribution is 5.21. The maximum absolute atomic E-state index is 5.80. The molecule has 0 aliphatic rings. The minimum Gasteiger partial charge on any atom is -0.330 e. The van der Waals surface area contributed by atoms with Gasteiger partial charge in [-0.25, -0.2) is 0 Å². The average Bonchev–Trinajstić information content (AvgIpc) is 2.07. The molecule has 0 radical (unpaired) electrons. The van der Waals surface area contributed by atoms with Gasteiger partial charge in [0, 0.05) is 18.5 Å². The molecule has 1 aromatic carbocycles. The van der Waals surface area contributed by atoms with E-state index < -0.39 is 0 Å². The second-order valence-electron chi connectivity index (χ2n) is 3.11. The van der Waals surface area contributed by atoms with E-state index in [0.717, 1.165) is 0 Å². The molecule has 2 nitrogen and oxygen atoms in total. The SMILES string of the molecule is C[C@@H](N)[C@@H](CN)c1ccccc1. The summed E-state index contributed by atoms with van der Waals surface area (Å²) in [4.78, 5) is 0. The zero-order valence-electron chi connectivity index (χ0n) is 7.40. The second kappa shape index (κ2) is 4.24. The van der Waals surface area contributed by atoms with Crippen molar-refractivity contribution in [3.05, 3.63) is 35.9 Å². The van der Waals surface area contributed by atoms with Crippen LogP contribution in [0.5, 0.6) is 0 Å². The highest BCUT2D eigenvalue weighted by Crippen LogP contribution is 2.16. The highest BCUT2D eigenvalue weighted by atomic mass is 14.7. The van der Waals surface area contributed by atoms with Crippen molar-refractivity contribution < 1.29 is 0 Å². The first-order chi connectivity index (χ1) is 5.75. The monoisotopic (exact) mass is 164 g/mol. The van der Waals surface area contributed by atoms with E-state index in [-0.39, 0.29) is 12.0 Å². The van der Waals surface area contributed by atoms with E-state index in [4.69, 9.17) is 11.5 Å². The Balaban J connectivity index is 2.80. The molecule has 0 amide bonds. The molecular weight excluding hydrogens is 148 g/mol. The fraction of sp³-hybridized carbons (Fsp3) is 0.400. The predicted octanol–water partition coefficient (Wildman–Crippen LogP) is 1.08. The lowest BCUT2D eigenvalue weighted by atomic mass is 9.93. The zero-order valence-corrected chi connectivity index (χ0v) is 7.40. The van der Waals surface area contributed by atoms with Crippen LogP contribution in [-0.4, -0.2) is 12.6 Å². The van der Waals surface area contributed by atoms with Crippen molar-refractivity contribution in [1.29, 1.82) is 0 Å². The molecule has 1 aromatic rings. The Morgan fingerprint density at radius 1 is 1.25 bits per heavy atom. The van der Waals surface area contributed by atoms with Crippen molar-refractivity contribution in [2.75, 3.05) is 6.54 Å². The summed E-state index contributed by atoms with van der Waals surface area (Å²) in [5.74, 6) is 0.284. The summed E-state index contributed by atoms with van der Waals surface area (Å²) in [5, 5.41) is 0. The molecule has 0 spiro atoms. The lowest BCUT2D eigenvalue weighted by Gasteiger charge is -2.18. The van der Waals surface area contributed by atoms with Crippen LogP contribution in [0.1, 0.15) is 18.4 Å². The molecule has 0 bridgehead atoms. The third-order valence-corrected chi connectivity index (χ3v) is 2.12. The molecule has 66 valence electrons. The molecule has 1 rings (SSSR count). The van der Waals surface area contributed by atoms with Crippen molar-refractivity contribution in [2.24, 2.45) is 11.5 Å². The molecule has 0 saturated heterocycles. The summed E-state index contributed by atoms with van der Waals surface area (Å²) in [6.07, 6.45) is 0. The smallest absolute Gasteiger partial charge is 0.0110 e. The van der Waals surface area contributed by atoms with E-state index in [1.54, 1.807) is 0 Å². The lowest BCUT2D eigenvalue weighted by molar-refractivity contribution is 0.577. The maximum Gasteiger partial charge on any atom is 0.0110 e. The summed E-state index contributed by atoms with van der Waals surface area (Å²) in [6, 6.07) is 10.3. The fourth-order valence-electron chi connectivity index (χ4n) is 1.35. The van der Waals surface area contributed by atoms with Gasteiger partial charge in [-0.2, -0.15) is 0 Å². The number of rotatable bonds is 3. The second-order valence-corrected chi connectivity index (χ2v) is 3.11. The van der Waals surface area contributed by atoms with E-state index >= 15 is 0 Å². The summed E-state index contributed by atoms with van der Waals surface area (Å²) >= 11 is 0. The fourth-order valence-corrected chi connectivity index (χ4v) is 1.35. The van der Waals surface area contributed by atoms with Crippen LogP contribution in [0.2, 0.25) is 0 Å². The van der Waals surface area contributed by atoms with E-state index in [2.05, 4.69) is 12.1 Å². The highest BCUT2D eigenvalue weighted by Gasteiger charge is 2.12. The van der Waals surface area contributed by atoms with Crippen molar-refractivity contribution in [2.45, 2.75) is 18.9 Å². The third kappa shape index (κ3) is 2.06. The van der Waals surface area contributed by atoms with E-state index in [9.17, 15) is 0 Å². The van der Waals surface area contributed by atoms with Gasteiger partial charge >= 0.3 is 0 Å². The Kier molecular flexibility index (Phi) is 3.26. The molecule has 0 saturated carbocycles. The molecule has 0 aromatic heterocycles. The molecule has 0 unspecified atom stereocenters. The molecule has 12 heavy (non-hydrogen) atoms. The van der Waals surface area contributed by atoms with Gasteiger partial charge in [-0.1, -0.05) is 30.3 Å². The van der Waals surface area contributed by atoms with Crippen molar-refractivity contribution in [3.8, 4) is 0 Å². The van der Waals surface area contributed by atoms with Crippen LogP contribution in [0.3, 0.4) is 0 Å². The van der Waals surface area contributed by atoms with Gasteiger partial charge in [0.05, 0.1) is 0 Å². The minimum absolute atomic E-state index is 0.123. The van der Waals surface area contributed by atoms with Gasteiger partial charge in [-0.05, 0) is 12.5 Å². The Bertz CT molecular complexity index is 219. The van der Waals surface area contributed by atoms with Crippen LogP contribution in [0.15, 0.2) is 30.3 Å². The van der Waals surface area contributed by atoms with Crippen molar-refractivity contribution in [3.63, 3.8) is 0 Å². The van der Waals surface area contributed by atoms with Crippen LogP contribution in [0.4, 0.5) is 0 Å². The molecule has 0 fully saturated rings. The number of nitrogens with two attached hydrogens (primary N) is 2. The van der Waals surface area contributed by atoms with E-state index in [0.29, 0.717) is 6.54 Å². The summed E-state index contributed by atoms with van der Waals surface area (Å²) in [7, 11) is 0. The van der Waals surface area contributed by atoms with Gasteiger partial charge in [0.15, 0.2) is 0 Å². The van der Waals surface area contributed by atoms with Gasteiger partial charge in [-0.15, -0.1) is 0 Å². The lowest BCUT2D eigenvalue weighted by Crippen LogP contribution is -2.30. The largest absolute Gasteiger partial charge is 0.330 e. The van der Waals surface area contributed by atoms with Crippen LogP contribution in [0, 0.1) is 0 Å². The average molecular weight is 164 g/mol. The first kappa shape index (κ1) is 9.23. The Hall–Kier alpha value is -0.860.